The van der Waals surface area contributed by atoms with Crippen molar-refractivity contribution in [3.8, 4) is 0 Å². The summed E-state index contributed by atoms with van der Waals surface area (Å²) in [7, 11) is 0. The van der Waals surface area contributed by atoms with E-state index in [9.17, 15) is 13.2 Å². The molecule has 0 bridgehead atoms. The molecule has 2 aromatic heterocycles. The Bertz CT molecular complexity index is 946. The number of aliphatic hydroxyl groups is 1. The molecule has 2 aliphatic rings. The lowest BCUT2D eigenvalue weighted by atomic mass is 10.2. The van der Waals surface area contributed by atoms with Gasteiger partial charge < -0.3 is 19.3 Å². The van der Waals surface area contributed by atoms with E-state index in [2.05, 4.69) is 36.2 Å². The van der Waals surface area contributed by atoms with Crippen LogP contribution in [-0.2, 0) is 14.2 Å². The number of aliphatic hydroxyl groups excluding tert-OH is 1. The summed E-state index contributed by atoms with van der Waals surface area (Å²) in [6, 6.07) is -0.324. The van der Waals surface area contributed by atoms with Gasteiger partial charge >= 0.3 is 6.18 Å². The summed E-state index contributed by atoms with van der Waals surface area (Å²) in [5, 5.41) is 17.7. The zero-order valence-electron chi connectivity index (χ0n) is 16.7. The smallest absolute Gasteiger partial charge is 0.389 e. The molecule has 172 valence electrons. The number of thioether (sulfide) groups is 1. The Hall–Kier alpha value is -1.06. The molecule has 4 atom stereocenters. The lowest BCUT2D eigenvalue weighted by Crippen LogP contribution is -2.31. The Kier molecular flexibility index (Phi) is 6.49. The van der Waals surface area contributed by atoms with Gasteiger partial charge in [0.1, 0.15) is 16.8 Å². The fourth-order valence-electron chi connectivity index (χ4n) is 3.84. The molecule has 2 aromatic rings. The van der Waals surface area contributed by atoms with E-state index in [1.807, 2.05) is 0 Å². The van der Waals surface area contributed by atoms with Crippen molar-refractivity contribution >= 4 is 38.9 Å². The van der Waals surface area contributed by atoms with Gasteiger partial charge in [-0.25, -0.2) is 14.6 Å². The third-order valence-electron chi connectivity index (χ3n) is 5.00. The molecule has 2 fully saturated rings. The van der Waals surface area contributed by atoms with Gasteiger partial charge in [0.15, 0.2) is 22.1 Å². The quantitative estimate of drug-likeness (QED) is 0.330. The molecule has 14 heteroatoms. The molecular weight excluding hydrogens is 507 g/mol. The first-order chi connectivity index (χ1) is 14.6. The third kappa shape index (κ3) is 4.98. The minimum atomic E-state index is -4.24. The summed E-state index contributed by atoms with van der Waals surface area (Å²) < 4.78 is 57.3. The zero-order chi connectivity index (χ0) is 22.4. The van der Waals surface area contributed by atoms with Gasteiger partial charge in [-0.3, -0.25) is 0 Å². The van der Waals surface area contributed by atoms with Crippen LogP contribution in [0.5, 0.6) is 0 Å². The van der Waals surface area contributed by atoms with Gasteiger partial charge in [0, 0.05) is 12.2 Å². The van der Waals surface area contributed by atoms with Crippen LogP contribution in [-0.4, -0.2) is 79.3 Å². The second-order valence-electron chi connectivity index (χ2n) is 7.72. The Balaban J connectivity index is 1.62. The van der Waals surface area contributed by atoms with Gasteiger partial charge in [-0.05, 0) is 29.8 Å². The molecular formula is C17H21BrF3N5O4S. The molecule has 0 unspecified atom stereocenters. The van der Waals surface area contributed by atoms with Crippen molar-refractivity contribution in [3.63, 3.8) is 0 Å². The SMILES string of the molecule is CC1(C)O[C@@H]2[C@H](O1)[C@@H](OCCO)C[C@H]2n1nnc2c(Br)nc(SCCC(F)(F)F)nc21. The number of rotatable bonds is 7. The van der Waals surface area contributed by atoms with Gasteiger partial charge in [-0.2, -0.15) is 13.2 Å². The van der Waals surface area contributed by atoms with Crippen LogP contribution in [0.3, 0.4) is 0 Å². The number of nitrogens with zero attached hydrogens (tertiary/aromatic N) is 5. The molecule has 31 heavy (non-hydrogen) atoms. The first-order valence-electron chi connectivity index (χ1n) is 9.64. The number of hydrogen-bond donors (Lipinski definition) is 1. The van der Waals surface area contributed by atoms with E-state index >= 15 is 0 Å². The first kappa shape index (κ1) is 23.1. The van der Waals surface area contributed by atoms with Crippen molar-refractivity contribution in [1.82, 2.24) is 25.0 Å². The molecule has 1 N–H and O–H groups in total. The lowest BCUT2D eigenvalue weighted by molar-refractivity contribution is -0.171. The van der Waals surface area contributed by atoms with Crippen LogP contribution >= 0.6 is 27.7 Å². The van der Waals surface area contributed by atoms with Crippen LogP contribution in [0.25, 0.3) is 11.2 Å². The van der Waals surface area contributed by atoms with Crippen molar-refractivity contribution in [2.24, 2.45) is 0 Å². The standard InChI is InChI=1S/C17H21BrF3N5O4S/c1-16(2)29-11-8(7-9(12(11)30-16)28-5-4-27)26-14-10(24-25-26)13(18)22-15(23-14)31-6-3-17(19,20)21/h8-9,11-12,27H,3-7H2,1-2H3/t8-,9+,11+,12-/m1/s1. The van der Waals surface area contributed by atoms with Crippen LogP contribution in [0.2, 0.25) is 0 Å². The van der Waals surface area contributed by atoms with Gasteiger partial charge in [-0.15, -0.1) is 5.10 Å². The molecule has 1 aliphatic carbocycles. The number of ether oxygens (including phenoxy) is 3. The number of aromatic nitrogens is 5. The third-order valence-corrected chi connectivity index (χ3v) is 6.40. The molecule has 1 saturated heterocycles. The van der Waals surface area contributed by atoms with E-state index in [0.717, 1.165) is 11.8 Å². The maximum absolute atomic E-state index is 12.5. The Morgan fingerprint density at radius 1 is 1.29 bits per heavy atom. The Morgan fingerprint density at radius 2 is 2.03 bits per heavy atom. The second-order valence-corrected chi connectivity index (χ2v) is 9.53. The van der Waals surface area contributed by atoms with Gasteiger partial charge in [0.05, 0.1) is 31.8 Å². The highest BCUT2D eigenvalue weighted by Crippen LogP contribution is 2.45. The summed E-state index contributed by atoms with van der Waals surface area (Å²) in [6.07, 6.45) is -5.77. The van der Waals surface area contributed by atoms with E-state index in [0.29, 0.717) is 22.2 Å². The maximum atomic E-state index is 12.5. The molecule has 9 nitrogen and oxygen atoms in total. The van der Waals surface area contributed by atoms with E-state index in [4.69, 9.17) is 19.3 Å². The highest BCUT2D eigenvalue weighted by atomic mass is 79.9. The normalized spacial score (nSPS) is 27.8. The topological polar surface area (TPSA) is 104 Å². The number of fused-ring (bicyclic) bond motifs is 2. The van der Waals surface area contributed by atoms with Crippen LogP contribution in [0, 0.1) is 0 Å². The lowest BCUT2D eigenvalue weighted by Gasteiger charge is -2.23. The highest BCUT2D eigenvalue weighted by Gasteiger charge is 2.56. The first-order valence-corrected chi connectivity index (χ1v) is 11.4. The van der Waals surface area contributed by atoms with Crippen molar-refractivity contribution < 1.29 is 32.5 Å². The molecule has 1 saturated carbocycles. The zero-order valence-corrected chi connectivity index (χ0v) is 19.1. The fourth-order valence-corrected chi connectivity index (χ4v) is 5.20. The van der Waals surface area contributed by atoms with Crippen LogP contribution in [0.15, 0.2) is 9.76 Å². The molecule has 4 rings (SSSR count). The van der Waals surface area contributed by atoms with Crippen molar-refractivity contribution in [3.05, 3.63) is 4.60 Å². The minimum Gasteiger partial charge on any atom is -0.394 e. The average molecular weight is 528 g/mol. The molecule has 0 spiro atoms. The average Bonchev–Trinajstić information content (AvgIpc) is 3.30. The van der Waals surface area contributed by atoms with E-state index in [-0.39, 0.29) is 42.4 Å². The maximum Gasteiger partial charge on any atom is 0.389 e. The minimum absolute atomic E-state index is 0.117. The Labute approximate surface area is 188 Å². The summed E-state index contributed by atoms with van der Waals surface area (Å²) in [6.45, 7) is 3.65. The van der Waals surface area contributed by atoms with Crippen LogP contribution < -0.4 is 0 Å². The van der Waals surface area contributed by atoms with E-state index in [1.165, 1.54) is 0 Å². The summed E-state index contributed by atoms with van der Waals surface area (Å²) >= 11 is 4.22. The largest absolute Gasteiger partial charge is 0.394 e. The highest BCUT2D eigenvalue weighted by molar-refractivity contribution is 9.10. The predicted octanol–water partition coefficient (Wildman–Crippen LogP) is 2.87. The fraction of sp³-hybridized carbons (Fsp3) is 0.765. The summed E-state index contributed by atoms with van der Waals surface area (Å²) in [5.41, 5.74) is 0.783. The monoisotopic (exact) mass is 527 g/mol. The van der Waals surface area contributed by atoms with Crippen LogP contribution in [0.1, 0.15) is 32.7 Å². The molecule has 0 radical (unpaired) electrons. The number of hydrogen-bond acceptors (Lipinski definition) is 9. The Morgan fingerprint density at radius 3 is 2.74 bits per heavy atom. The van der Waals surface area contributed by atoms with Gasteiger partial charge in [0.25, 0.3) is 0 Å². The second kappa shape index (κ2) is 8.71. The van der Waals surface area contributed by atoms with Crippen LogP contribution in [0.4, 0.5) is 13.2 Å². The summed E-state index contributed by atoms with van der Waals surface area (Å²) in [4.78, 5) is 8.60. The molecule has 3 heterocycles. The van der Waals surface area contributed by atoms with Gasteiger partial charge in [0.2, 0.25) is 0 Å². The van der Waals surface area contributed by atoms with E-state index in [1.54, 1.807) is 18.5 Å². The molecule has 0 aromatic carbocycles. The molecule has 0 amide bonds. The van der Waals surface area contributed by atoms with Crippen molar-refractivity contribution in [1.29, 1.82) is 0 Å². The summed E-state index contributed by atoms with van der Waals surface area (Å²) in [5.74, 6) is -1.02. The van der Waals surface area contributed by atoms with Crippen molar-refractivity contribution in [2.75, 3.05) is 19.0 Å². The number of halogens is 4. The van der Waals surface area contributed by atoms with Gasteiger partial charge in [-0.1, -0.05) is 17.0 Å². The molecule has 1 aliphatic heterocycles. The number of alkyl halides is 3. The predicted molar refractivity (Wildman–Crippen MR) is 107 cm³/mol. The van der Waals surface area contributed by atoms with Crippen molar-refractivity contribution in [2.45, 2.75) is 68.2 Å². The van der Waals surface area contributed by atoms with E-state index < -0.39 is 24.5 Å².